The van der Waals surface area contributed by atoms with Gasteiger partial charge in [-0.2, -0.15) is 0 Å². The second-order valence-corrected chi connectivity index (χ2v) is 3.48. The summed E-state index contributed by atoms with van der Waals surface area (Å²) in [5.41, 5.74) is 0. The van der Waals surface area contributed by atoms with Gasteiger partial charge in [0.15, 0.2) is 6.16 Å². The third-order valence-electron chi connectivity index (χ3n) is 1.13. The summed E-state index contributed by atoms with van der Waals surface area (Å²) in [4.78, 5) is 0. The minimum atomic E-state index is -1.37. The Balaban J connectivity index is 3.34. The molecule has 0 aliphatic heterocycles. The molecule has 0 heterocycles. The highest BCUT2D eigenvalue weighted by Gasteiger charge is 2.16. The van der Waals surface area contributed by atoms with Crippen LogP contribution >= 0.6 is 8.03 Å². The predicted molar refractivity (Wildman–Crippen MR) is 39.0 cm³/mol. The summed E-state index contributed by atoms with van der Waals surface area (Å²) >= 11 is 0. The van der Waals surface area contributed by atoms with Gasteiger partial charge in [-0.1, -0.05) is 6.92 Å². The standard InChI is InChI=1S/C6H14O2P/c1-4-6(3)8-9(7)5-2/h6H,4-5H2,1-3H3/q+1. The second-order valence-electron chi connectivity index (χ2n) is 1.97. The first-order valence-corrected chi connectivity index (χ1v) is 4.68. The predicted octanol–water partition coefficient (Wildman–Crippen LogP) is 2.56. The van der Waals surface area contributed by atoms with Gasteiger partial charge < -0.3 is 0 Å². The average molecular weight is 149 g/mol. The lowest BCUT2D eigenvalue weighted by Gasteiger charge is -1.96. The van der Waals surface area contributed by atoms with E-state index >= 15 is 0 Å². The van der Waals surface area contributed by atoms with E-state index in [-0.39, 0.29) is 6.10 Å². The van der Waals surface area contributed by atoms with Crippen molar-refractivity contribution >= 4 is 8.03 Å². The Kier molecular flexibility index (Phi) is 4.93. The lowest BCUT2D eigenvalue weighted by molar-refractivity contribution is 0.231. The summed E-state index contributed by atoms with van der Waals surface area (Å²) in [5, 5.41) is 0. The van der Waals surface area contributed by atoms with Crippen LogP contribution in [0.1, 0.15) is 27.2 Å². The van der Waals surface area contributed by atoms with Crippen LogP contribution in [-0.2, 0) is 9.09 Å². The van der Waals surface area contributed by atoms with E-state index in [1.54, 1.807) is 0 Å². The van der Waals surface area contributed by atoms with E-state index in [0.717, 1.165) is 6.42 Å². The summed E-state index contributed by atoms with van der Waals surface area (Å²) in [6.45, 7) is 5.81. The van der Waals surface area contributed by atoms with E-state index in [0.29, 0.717) is 6.16 Å². The monoisotopic (exact) mass is 149 g/mol. The van der Waals surface area contributed by atoms with Crippen molar-refractivity contribution < 1.29 is 9.09 Å². The third kappa shape index (κ3) is 4.56. The van der Waals surface area contributed by atoms with Crippen molar-refractivity contribution in [3.63, 3.8) is 0 Å². The molecule has 0 aromatic heterocycles. The van der Waals surface area contributed by atoms with Crippen molar-refractivity contribution in [1.29, 1.82) is 0 Å². The highest BCUT2D eigenvalue weighted by atomic mass is 31.1. The molecule has 2 unspecified atom stereocenters. The summed E-state index contributed by atoms with van der Waals surface area (Å²) in [6, 6.07) is 0. The van der Waals surface area contributed by atoms with Gasteiger partial charge in [0.2, 0.25) is 0 Å². The van der Waals surface area contributed by atoms with Crippen molar-refractivity contribution in [2.24, 2.45) is 0 Å². The van der Waals surface area contributed by atoms with Crippen LogP contribution in [0.25, 0.3) is 0 Å². The Bertz CT molecular complexity index is 93.1. The van der Waals surface area contributed by atoms with Crippen molar-refractivity contribution in [1.82, 2.24) is 0 Å². The van der Waals surface area contributed by atoms with Crippen LogP contribution < -0.4 is 0 Å². The van der Waals surface area contributed by atoms with Gasteiger partial charge in [-0.15, -0.1) is 4.52 Å². The lowest BCUT2D eigenvalue weighted by Crippen LogP contribution is -1.99. The SMILES string of the molecule is CCC(C)O[P+](=O)CC. The molecule has 0 N–H and O–H groups in total. The van der Waals surface area contributed by atoms with Crippen LogP contribution in [0.5, 0.6) is 0 Å². The highest BCUT2D eigenvalue weighted by molar-refractivity contribution is 7.39. The van der Waals surface area contributed by atoms with Gasteiger partial charge in [-0.05, 0) is 24.8 Å². The first-order valence-electron chi connectivity index (χ1n) is 3.32. The molecule has 2 atom stereocenters. The van der Waals surface area contributed by atoms with Gasteiger partial charge in [-0.25, -0.2) is 0 Å². The fraction of sp³-hybridized carbons (Fsp3) is 1.00. The van der Waals surface area contributed by atoms with E-state index in [2.05, 4.69) is 0 Å². The van der Waals surface area contributed by atoms with Crippen molar-refractivity contribution in [3.05, 3.63) is 0 Å². The zero-order chi connectivity index (χ0) is 7.28. The van der Waals surface area contributed by atoms with Gasteiger partial charge in [-0.3, -0.25) is 0 Å². The molecule has 0 aromatic rings. The zero-order valence-corrected chi connectivity index (χ0v) is 7.15. The molecule has 0 saturated heterocycles. The molecule has 0 amide bonds. The Labute approximate surface area is 57.5 Å². The Morgan fingerprint density at radius 1 is 1.56 bits per heavy atom. The maximum Gasteiger partial charge on any atom is 0.508 e. The van der Waals surface area contributed by atoms with Gasteiger partial charge in [0.1, 0.15) is 6.10 Å². The van der Waals surface area contributed by atoms with Crippen molar-refractivity contribution in [2.75, 3.05) is 6.16 Å². The van der Waals surface area contributed by atoms with Gasteiger partial charge in [0, 0.05) is 0 Å². The lowest BCUT2D eigenvalue weighted by atomic mass is 10.3. The highest BCUT2D eigenvalue weighted by Crippen LogP contribution is 2.23. The summed E-state index contributed by atoms with van der Waals surface area (Å²) in [6.07, 6.45) is 1.70. The van der Waals surface area contributed by atoms with E-state index in [9.17, 15) is 4.57 Å². The summed E-state index contributed by atoms with van der Waals surface area (Å²) < 4.78 is 15.8. The maximum atomic E-state index is 10.7. The Hall–Kier alpha value is 0.0600. The topological polar surface area (TPSA) is 26.3 Å². The minimum Gasteiger partial charge on any atom is -0.143 e. The molecule has 0 saturated carbocycles. The fourth-order valence-corrected chi connectivity index (χ4v) is 1.05. The molecule has 2 nitrogen and oxygen atoms in total. The van der Waals surface area contributed by atoms with Crippen molar-refractivity contribution in [2.45, 2.75) is 33.3 Å². The van der Waals surface area contributed by atoms with Crippen LogP contribution in [0, 0.1) is 0 Å². The average Bonchev–Trinajstić information content (AvgIpc) is 1.87. The molecule has 0 radical (unpaired) electrons. The smallest absolute Gasteiger partial charge is 0.143 e. The van der Waals surface area contributed by atoms with E-state index in [1.807, 2.05) is 20.8 Å². The van der Waals surface area contributed by atoms with Crippen LogP contribution in [0.3, 0.4) is 0 Å². The van der Waals surface area contributed by atoms with Gasteiger partial charge >= 0.3 is 8.03 Å². The third-order valence-corrected chi connectivity index (χ3v) is 2.24. The van der Waals surface area contributed by atoms with E-state index < -0.39 is 8.03 Å². The van der Waals surface area contributed by atoms with Gasteiger partial charge in [0.25, 0.3) is 0 Å². The molecule has 0 rings (SSSR count). The van der Waals surface area contributed by atoms with Gasteiger partial charge in [0.05, 0.1) is 0 Å². The quantitative estimate of drug-likeness (QED) is 0.574. The number of rotatable bonds is 4. The Morgan fingerprint density at radius 3 is 2.44 bits per heavy atom. The van der Waals surface area contributed by atoms with Crippen molar-refractivity contribution in [3.8, 4) is 0 Å². The molecule has 0 aromatic carbocycles. The normalized spacial score (nSPS) is 15.2. The largest absolute Gasteiger partial charge is 0.508 e. The number of hydrogen-bond donors (Lipinski definition) is 0. The molecule has 54 valence electrons. The van der Waals surface area contributed by atoms with Crippen LogP contribution in [0.4, 0.5) is 0 Å². The molecule has 0 aliphatic rings. The van der Waals surface area contributed by atoms with E-state index in [4.69, 9.17) is 4.52 Å². The molecular formula is C6H14O2P+. The summed E-state index contributed by atoms with van der Waals surface area (Å²) in [5.74, 6) is 0. The first-order chi connectivity index (χ1) is 4.20. The number of hydrogen-bond acceptors (Lipinski definition) is 2. The summed E-state index contributed by atoms with van der Waals surface area (Å²) in [7, 11) is -1.37. The fourth-order valence-electron chi connectivity index (χ4n) is 0.350. The Morgan fingerprint density at radius 2 is 2.11 bits per heavy atom. The molecule has 0 spiro atoms. The van der Waals surface area contributed by atoms with Crippen LogP contribution in [-0.4, -0.2) is 12.3 Å². The van der Waals surface area contributed by atoms with Crippen LogP contribution in [0.2, 0.25) is 0 Å². The van der Waals surface area contributed by atoms with Crippen LogP contribution in [0.15, 0.2) is 0 Å². The first kappa shape index (κ1) is 9.06. The van der Waals surface area contributed by atoms with E-state index in [1.165, 1.54) is 0 Å². The molecule has 0 aliphatic carbocycles. The maximum absolute atomic E-state index is 10.7. The minimum absolute atomic E-state index is 0.147. The molecular weight excluding hydrogens is 135 g/mol. The molecule has 0 fully saturated rings. The zero-order valence-electron chi connectivity index (χ0n) is 6.26. The molecule has 9 heavy (non-hydrogen) atoms. The molecule has 3 heteroatoms. The molecule has 0 bridgehead atoms. The second kappa shape index (κ2) is 4.89.